The van der Waals surface area contributed by atoms with E-state index in [2.05, 4.69) is 21.2 Å². The van der Waals surface area contributed by atoms with Crippen molar-refractivity contribution >= 4 is 43.4 Å². The van der Waals surface area contributed by atoms with E-state index >= 15 is 0 Å². The monoisotopic (exact) mass is 427 g/mol. The Morgan fingerprint density at radius 1 is 1.36 bits per heavy atom. The highest BCUT2D eigenvalue weighted by Gasteiger charge is 2.28. The van der Waals surface area contributed by atoms with Gasteiger partial charge in [0.15, 0.2) is 4.67 Å². The average Bonchev–Trinajstić information content (AvgIpc) is 3.12. The van der Waals surface area contributed by atoms with Crippen LogP contribution in [0.3, 0.4) is 0 Å². The smallest absolute Gasteiger partial charge is 0.321 e. The third-order valence-electron chi connectivity index (χ3n) is 3.85. The van der Waals surface area contributed by atoms with Crippen molar-refractivity contribution < 1.29 is 17.6 Å². The number of amides is 2. The zero-order valence-electron chi connectivity index (χ0n) is 13.6. The van der Waals surface area contributed by atoms with Gasteiger partial charge < -0.3 is 14.6 Å². The Labute approximate surface area is 154 Å². The van der Waals surface area contributed by atoms with Gasteiger partial charge in [-0.2, -0.15) is 0 Å². The molecular formula is C16H18BrN3O4S. The zero-order valence-corrected chi connectivity index (χ0v) is 16.0. The molecular weight excluding hydrogens is 410 g/mol. The van der Waals surface area contributed by atoms with Crippen LogP contribution in [0.15, 0.2) is 45.5 Å². The van der Waals surface area contributed by atoms with Crippen LogP contribution in [0.5, 0.6) is 0 Å². The fourth-order valence-corrected chi connectivity index (χ4v) is 4.53. The van der Waals surface area contributed by atoms with Crippen LogP contribution in [0, 0.1) is 0 Å². The van der Waals surface area contributed by atoms with Crippen LogP contribution in [0.25, 0.3) is 0 Å². The normalized spacial score (nSPS) is 16.0. The molecule has 0 atom stereocenters. The third kappa shape index (κ3) is 4.16. The molecule has 2 amide bonds. The third-order valence-corrected chi connectivity index (χ3v) is 6.15. The first kappa shape index (κ1) is 17.8. The molecule has 1 fully saturated rings. The zero-order chi connectivity index (χ0) is 18.0. The summed E-state index contributed by atoms with van der Waals surface area (Å²) in [5.74, 6) is 0.812. The van der Waals surface area contributed by atoms with Crippen molar-refractivity contribution in [3.63, 3.8) is 0 Å². The molecule has 0 unspecified atom stereocenters. The quantitative estimate of drug-likeness (QED) is 0.811. The lowest BCUT2D eigenvalue weighted by Gasteiger charge is -2.19. The van der Waals surface area contributed by atoms with Crippen LogP contribution < -0.4 is 9.62 Å². The summed E-state index contributed by atoms with van der Waals surface area (Å²) in [4.78, 5) is 13.8. The van der Waals surface area contributed by atoms with Crippen LogP contribution >= 0.6 is 15.9 Å². The second-order valence-electron chi connectivity index (χ2n) is 5.78. The van der Waals surface area contributed by atoms with E-state index in [0.29, 0.717) is 41.3 Å². The maximum absolute atomic E-state index is 12.3. The Bertz CT molecular complexity index is 881. The van der Waals surface area contributed by atoms with Gasteiger partial charge in [0.05, 0.1) is 18.0 Å². The Kier molecular flexibility index (Phi) is 5.05. The predicted molar refractivity (Wildman–Crippen MR) is 99.1 cm³/mol. The lowest BCUT2D eigenvalue weighted by molar-refractivity contribution is 0.216. The van der Waals surface area contributed by atoms with Gasteiger partial charge in [-0.1, -0.05) is 6.07 Å². The standard InChI is InChI=1S/C16H18BrN3O4S/c1-19(11-14-6-7-15(17)24-14)16(21)18-12-4-2-5-13(10-12)20-8-3-9-25(20,22)23/h2,4-7,10H,3,8-9,11H2,1H3,(H,18,21). The number of carbonyl (C=O) groups is 1. The lowest BCUT2D eigenvalue weighted by Crippen LogP contribution is -2.31. The Balaban J connectivity index is 1.68. The van der Waals surface area contributed by atoms with Gasteiger partial charge in [0, 0.05) is 19.3 Å². The highest BCUT2D eigenvalue weighted by molar-refractivity contribution is 9.10. The summed E-state index contributed by atoms with van der Waals surface area (Å²) in [5.41, 5.74) is 1.10. The molecule has 0 radical (unpaired) electrons. The number of nitrogens with zero attached hydrogens (tertiary/aromatic N) is 2. The molecule has 1 aromatic carbocycles. The summed E-state index contributed by atoms with van der Waals surface area (Å²) >= 11 is 3.22. The molecule has 0 spiro atoms. The lowest BCUT2D eigenvalue weighted by atomic mass is 10.2. The first-order valence-electron chi connectivity index (χ1n) is 7.72. The molecule has 0 aliphatic carbocycles. The van der Waals surface area contributed by atoms with E-state index < -0.39 is 10.0 Å². The summed E-state index contributed by atoms with van der Waals surface area (Å²) in [6.07, 6.45) is 0.611. The van der Waals surface area contributed by atoms with Gasteiger partial charge in [-0.15, -0.1) is 0 Å². The van der Waals surface area contributed by atoms with Crippen molar-refractivity contribution in [2.75, 3.05) is 29.0 Å². The van der Waals surface area contributed by atoms with Crippen molar-refractivity contribution in [1.82, 2.24) is 4.90 Å². The van der Waals surface area contributed by atoms with E-state index in [-0.39, 0.29) is 11.8 Å². The van der Waals surface area contributed by atoms with Crippen LogP contribution in [-0.2, 0) is 16.6 Å². The predicted octanol–water partition coefficient (Wildman–Crippen LogP) is 3.25. The average molecular weight is 428 g/mol. The summed E-state index contributed by atoms with van der Waals surface area (Å²) in [5, 5.41) is 2.77. The number of hydrogen-bond acceptors (Lipinski definition) is 4. The summed E-state index contributed by atoms with van der Waals surface area (Å²) < 4.78 is 31.4. The number of urea groups is 1. The van der Waals surface area contributed by atoms with Gasteiger partial charge in [0.2, 0.25) is 10.0 Å². The van der Waals surface area contributed by atoms with Gasteiger partial charge in [-0.3, -0.25) is 4.31 Å². The number of sulfonamides is 1. The van der Waals surface area contributed by atoms with Crippen LogP contribution in [0.4, 0.5) is 16.2 Å². The number of carbonyl (C=O) groups excluding carboxylic acids is 1. The first-order valence-corrected chi connectivity index (χ1v) is 10.1. The number of anilines is 2. The molecule has 1 aliphatic rings. The van der Waals surface area contributed by atoms with Crippen molar-refractivity contribution in [2.45, 2.75) is 13.0 Å². The molecule has 1 saturated heterocycles. The van der Waals surface area contributed by atoms with Crippen LogP contribution in [0.1, 0.15) is 12.2 Å². The number of benzene rings is 1. The Hall–Kier alpha value is -2.00. The molecule has 2 heterocycles. The molecule has 25 heavy (non-hydrogen) atoms. The van der Waals surface area contributed by atoms with Crippen molar-refractivity contribution in [3.05, 3.63) is 46.8 Å². The van der Waals surface area contributed by atoms with E-state index in [4.69, 9.17) is 4.42 Å². The molecule has 1 aliphatic heterocycles. The SMILES string of the molecule is CN(Cc1ccc(Br)o1)C(=O)Nc1cccc(N2CCCS2(=O)=O)c1. The fourth-order valence-electron chi connectivity index (χ4n) is 2.63. The van der Waals surface area contributed by atoms with Gasteiger partial charge in [0.1, 0.15) is 5.76 Å². The van der Waals surface area contributed by atoms with Crippen molar-refractivity contribution in [1.29, 1.82) is 0 Å². The van der Waals surface area contributed by atoms with Gasteiger partial charge in [-0.05, 0) is 52.7 Å². The van der Waals surface area contributed by atoms with Crippen molar-refractivity contribution in [3.8, 4) is 0 Å². The maximum atomic E-state index is 12.3. The minimum absolute atomic E-state index is 0.158. The molecule has 3 rings (SSSR count). The highest BCUT2D eigenvalue weighted by atomic mass is 79.9. The summed E-state index contributed by atoms with van der Waals surface area (Å²) in [6.45, 7) is 0.782. The molecule has 1 N–H and O–H groups in total. The second-order valence-corrected chi connectivity index (χ2v) is 8.58. The molecule has 1 aromatic heterocycles. The molecule has 2 aromatic rings. The van der Waals surface area contributed by atoms with Gasteiger partial charge >= 0.3 is 6.03 Å². The second kappa shape index (κ2) is 7.09. The molecule has 7 nitrogen and oxygen atoms in total. The van der Waals surface area contributed by atoms with E-state index in [1.807, 2.05) is 0 Å². The maximum Gasteiger partial charge on any atom is 0.321 e. The summed E-state index contributed by atoms with van der Waals surface area (Å²) in [7, 11) is -1.59. The fraction of sp³-hybridized carbons (Fsp3) is 0.312. The van der Waals surface area contributed by atoms with Gasteiger partial charge in [0.25, 0.3) is 0 Å². The number of nitrogens with one attached hydrogen (secondary N) is 1. The molecule has 0 bridgehead atoms. The van der Waals surface area contributed by atoms with Gasteiger partial charge in [-0.25, -0.2) is 13.2 Å². The highest BCUT2D eigenvalue weighted by Crippen LogP contribution is 2.26. The Morgan fingerprint density at radius 2 is 2.16 bits per heavy atom. The number of rotatable bonds is 4. The van der Waals surface area contributed by atoms with E-state index in [9.17, 15) is 13.2 Å². The topological polar surface area (TPSA) is 82.9 Å². The van der Waals surface area contributed by atoms with Crippen LogP contribution in [0.2, 0.25) is 0 Å². The minimum atomic E-state index is -3.25. The first-order chi connectivity index (χ1) is 11.8. The largest absolute Gasteiger partial charge is 0.452 e. The van der Waals surface area contributed by atoms with E-state index in [1.54, 1.807) is 43.4 Å². The molecule has 134 valence electrons. The van der Waals surface area contributed by atoms with Crippen molar-refractivity contribution in [2.24, 2.45) is 0 Å². The van der Waals surface area contributed by atoms with Crippen LogP contribution in [-0.4, -0.2) is 38.7 Å². The molecule has 0 saturated carbocycles. The molecule has 9 heteroatoms. The number of furan rings is 1. The minimum Gasteiger partial charge on any atom is -0.452 e. The van der Waals surface area contributed by atoms with E-state index in [1.165, 1.54) is 9.21 Å². The number of hydrogen-bond donors (Lipinski definition) is 1. The summed E-state index contributed by atoms with van der Waals surface area (Å²) in [6, 6.07) is 10.1. The van der Waals surface area contributed by atoms with E-state index in [0.717, 1.165) is 0 Å². The Morgan fingerprint density at radius 3 is 2.80 bits per heavy atom. The number of halogens is 1.